The zero-order valence-electron chi connectivity index (χ0n) is 9.36. The van der Waals surface area contributed by atoms with Gasteiger partial charge in [0, 0.05) is 13.2 Å². The molecule has 4 heteroatoms. The molecule has 1 rings (SSSR count). The molecule has 0 saturated heterocycles. The molecular weight excluding hydrogens is 212 g/mol. The highest BCUT2D eigenvalue weighted by molar-refractivity contribution is 6.32. The Labute approximate surface area is 95.8 Å². The molecule has 0 fully saturated rings. The van der Waals surface area contributed by atoms with Gasteiger partial charge in [0.1, 0.15) is 5.75 Å². The Morgan fingerprint density at radius 1 is 1.40 bits per heavy atom. The Bertz CT molecular complexity index is 329. The molecule has 0 spiro atoms. The Kier molecular flexibility index (Phi) is 4.88. The second kappa shape index (κ2) is 5.95. The van der Waals surface area contributed by atoms with Crippen LogP contribution in [0.2, 0.25) is 5.02 Å². The molecule has 0 aliphatic heterocycles. The predicted molar refractivity (Wildman–Crippen MR) is 63.5 cm³/mol. The van der Waals surface area contributed by atoms with Gasteiger partial charge in [-0.25, -0.2) is 0 Å². The van der Waals surface area contributed by atoms with Gasteiger partial charge in [0.05, 0.1) is 12.1 Å². The molecule has 3 nitrogen and oxygen atoms in total. The fourth-order valence-corrected chi connectivity index (χ4v) is 1.63. The molecule has 15 heavy (non-hydrogen) atoms. The number of rotatable bonds is 5. The molecule has 0 bridgehead atoms. The fraction of sp³-hybridized carbons (Fsp3) is 0.455. The van der Waals surface area contributed by atoms with Crippen molar-refractivity contribution in [2.24, 2.45) is 0 Å². The van der Waals surface area contributed by atoms with Gasteiger partial charge in [-0.1, -0.05) is 11.6 Å². The standard InChI is InChI=1S/C11H17ClN2O/c1-8-4-11(15-3)10(12)5-9(8)6-14-7-13-2/h4-5,13-14H,6-7H2,1-3H3. The van der Waals surface area contributed by atoms with Gasteiger partial charge in [-0.05, 0) is 37.2 Å². The monoisotopic (exact) mass is 228 g/mol. The minimum atomic E-state index is 0.657. The van der Waals surface area contributed by atoms with E-state index in [-0.39, 0.29) is 0 Å². The number of nitrogens with one attached hydrogen (secondary N) is 2. The van der Waals surface area contributed by atoms with Crippen LogP contribution in [0, 0.1) is 6.92 Å². The van der Waals surface area contributed by atoms with Gasteiger partial charge in [-0.3, -0.25) is 0 Å². The quantitative estimate of drug-likeness (QED) is 0.597. The fourth-order valence-electron chi connectivity index (χ4n) is 1.37. The summed E-state index contributed by atoms with van der Waals surface area (Å²) in [4.78, 5) is 0. The number of benzene rings is 1. The maximum atomic E-state index is 6.05. The average Bonchev–Trinajstić information content (AvgIpc) is 2.23. The van der Waals surface area contributed by atoms with Crippen LogP contribution in [0.1, 0.15) is 11.1 Å². The molecule has 84 valence electrons. The molecule has 0 heterocycles. The van der Waals surface area contributed by atoms with E-state index in [0.29, 0.717) is 5.02 Å². The first-order chi connectivity index (χ1) is 7.19. The third-order valence-corrected chi connectivity index (χ3v) is 2.52. The van der Waals surface area contributed by atoms with Gasteiger partial charge in [0.25, 0.3) is 0 Å². The maximum absolute atomic E-state index is 6.05. The molecule has 0 aliphatic rings. The van der Waals surface area contributed by atoms with E-state index in [1.165, 1.54) is 11.1 Å². The first-order valence-electron chi connectivity index (χ1n) is 4.87. The largest absolute Gasteiger partial charge is 0.495 e. The van der Waals surface area contributed by atoms with E-state index >= 15 is 0 Å². The highest BCUT2D eigenvalue weighted by Gasteiger charge is 2.05. The van der Waals surface area contributed by atoms with Crippen molar-refractivity contribution in [3.63, 3.8) is 0 Å². The topological polar surface area (TPSA) is 33.3 Å². The third kappa shape index (κ3) is 3.38. The summed E-state index contributed by atoms with van der Waals surface area (Å²) in [6, 6.07) is 3.90. The molecule has 1 aromatic rings. The van der Waals surface area contributed by atoms with Crippen LogP contribution in [0.3, 0.4) is 0 Å². The summed E-state index contributed by atoms with van der Waals surface area (Å²) in [7, 11) is 3.53. The summed E-state index contributed by atoms with van der Waals surface area (Å²) in [6.45, 7) is 3.63. The smallest absolute Gasteiger partial charge is 0.137 e. The van der Waals surface area contributed by atoms with Gasteiger partial charge in [-0.2, -0.15) is 0 Å². The average molecular weight is 229 g/mol. The molecular formula is C11H17ClN2O. The van der Waals surface area contributed by atoms with Crippen molar-refractivity contribution in [2.45, 2.75) is 13.5 Å². The van der Waals surface area contributed by atoms with Crippen LogP contribution in [0.4, 0.5) is 0 Å². The van der Waals surface area contributed by atoms with Gasteiger partial charge in [0.15, 0.2) is 0 Å². The van der Waals surface area contributed by atoms with Crippen LogP contribution in [0.5, 0.6) is 5.75 Å². The Hall–Kier alpha value is -0.770. The number of hydrogen-bond acceptors (Lipinski definition) is 3. The van der Waals surface area contributed by atoms with Crippen molar-refractivity contribution in [1.82, 2.24) is 10.6 Å². The molecule has 0 radical (unpaired) electrons. The molecule has 0 amide bonds. The summed E-state index contributed by atoms with van der Waals surface area (Å²) >= 11 is 6.05. The summed E-state index contributed by atoms with van der Waals surface area (Å²) < 4.78 is 5.14. The summed E-state index contributed by atoms with van der Waals surface area (Å²) in [5.41, 5.74) is 2.37. The van der Waals surface area contributed by atoms with Crippen LogP contribution in [0.15, 0.2) is 12.1 Å². The molecule has 1 aromatic carbocycles. The highest BCUT2D eigenvalue weighted by Crippen LogP contribution is 2.27. The van der Waals surface area contributed by atoms with Crippen LogP contribution in [0.25, 0.3) is 0 Å². The van der Waals surface area contributed by atoms with Gasteiger partial charge in [0.2, 0.25) is 0 Å². The lowest BCUT2D eigenvalue weighted by Gasteiger charge is -2.10. The lowest BCUT2D eigenvalue weighted by atomic mass is 10.1. The second-order valence-electron chi connectivity index (χ2n) is 3.37. The van der Waals surface area contributed by atoms with E-state index in [4.69, 9.17) is 16.3 Å². The van der Waals surface area contributed by atoms with Crippen molar-refractivity contribution in [1.29, 1.82) is 0 Å². The third-order valence-electron chi connectivity index (χ3n) is 2.23. The second-order valence-corrected chi connectivity index (χ2v) is 3.78. The molecule has 0 saturated carbocycles. The normalized spacial score (nSPS) is 10.4. The predicted octanol–water partition coefficient (Wildman–Crippen LogP) is 1.92. The zero-order valence-corrected chi connectivity index (χ0v) is 10.1. The van der Waals surface area contributed by atoms with Crippen LogP contribution < -0.4 is 15.4 Å². The van der Waals surface area contributed by atoms with E-state index in [1.807, 2.05) is 19.2 Å². The van der Waals surface area contributed by atoms with E-state index in [9.17, 15) is 0 Å². The van der Waals surface area contributed by atoms with Crippen LogP contribution in [-0.4, -0.2) is 20.8 Å². The number of ether oxygens (including phenoxy) is 1. The highest BCUT2D eigenvalue weighted by atomic mass is 35.5. The Balaban J connectivity index is 2.76. The van der Waals surface area contributed by atoms with E-state index in [0.717, 1.165) is 19.0 Å². The van der Waals surface area contributed by atoms with Crippen LogP contribution >= 0.6 is 11.6 Å². The molecule has 0 unspecified atom stereocenters. The summed E-state index contributed by atoms with van der Waals surface area (Å²) in [5, 5.41) is 6.93. The zero-order chi connectivity index (χ0) is 11.3. The first-order valence-corrected chi connectivity index (χ1v) is 5.25. The van der Waals surface area contributed by atoms with Crippen molar-refractivity contribution in [3.05, 3.63) is 28.3 Å². The maximum Gasteiger partial charge on any atom is 0.137 e. The SMILES string of the molecule is CNCNCc1cc(Cl)c(OC)cc1C. The van der Waals surface area contributed by atoms with Crippen molar-refractivity contribution in [2.75, 3.05) is 20.8 Å². The Morgan fingerprint density at radius 2 is 2.13 bits per heavy atom. The Morgan fingerprint density at radius 3 is 2.73 bits per heavy atom. The van der Waals surface area contributed by atoms with E-state index in [2.05, 4.69) is 17.6 Å². The lowest BCUT2D eigenvalue weighted by Crippen LogP contribution is -2.25. The van der Waals surface area contributed by atoms with Crippen LogP contribution in [-0.2, 0) is 6.54 Å². The summed E-state index contributed by atoms with van der Waals surface area (Å²) in [5.74, 6) is 0.728. The van der Waals surface area contributed by atoms with Gasteiger partial charge in [-0.15, -0.1) is 0 Å². The van der Waals surface area contributed by atoms with Crippen molar-refractivity contribution in [3.8, 4) is 5.75 Å². The van der Waals surface area contributed by atoms with E-state index in [1.54, 1.807) is 7.11 Å². The number of halogens is 1. The minimum absolute atomic E-state index is 0.657. The molecule has 0 aliphatic carbocycles. The lowest BCUT2D eigenvalue weighted by molar-refractivity contribution is 0.414. The number of hydrogen-bond donors (Lipinski definition) is 2. The summed E-state index contributed by atoms with van der Waals surface area (Å²) in [6.07, 6.45) is 0. The first kappa shape index (κ1) is 12.3. The molecule has 2 N–H and O–H groups in total. The van der Waals surface area contributed by atoms with E-state index < -0.39 is 0 Å². The van der Waals surface area contributed by atoms with Gasteiger partial charge >= 0.3 is 0 Å². The number of aryl methyl sites for hydroxylation is 1. The molecule has 0 atom stereocenters. The number of methoxy groups -OCH3 is 1. The van der Waals surface area contributed by atoms with Crippen molar-refractivity contribution < 1.29 is 4.74 Å². The molecule has 0 aromatic heterocycles. The van der Waals surface area contributed by atoms with Crippen molar-refractivity contribution >= 4 is 11.6 Å². The minimum Gasteiger partial charge on any atom is -0.495 e. The van der Waals surface area contributed by atoms with Gasteiger partial charge < -0.3 is 15.4 Å².